The molecule has 0 fully saturated rings. The van der Waals surface area contributed by atoms with Gasteiger partial charge in [0.15, 0.2) is 0 Å². The van der Waals surface area contributed by atoms with E-state index in [0.717, 1.165) is 0 Å². The van der Waals surface area contributed by atoms with E-state index in [0.29, 0.717) is 0 Å². The van der Waals surface area contributed by atoms with Crippen molar-refractivity contribution in [3.8, 4) is 0 Å². The summed E-state index contributed by atoms with van der Waals surface area (Å²) in [5.74, 6) is 0. The monoisotopic (exact) mass is 586 g/mol. The van der Waals surface area contributed by atoms with Crippen LogP contribution >= 0.6 is 12.4 Å². The zero-order valence-electron chi connectivity index (χ0n) is 28.6. The third kappa shape index (κ3) is 36.3. The fourth-order valence-electron chi connectivity index (χ4n) is 6.16. The fourth-order valence-corrected chi connectivity index (χ4v) is 6.16. The molecule has 0 aliphatic carbocycles. The van der Waals surface area contributed by atoms with Crippen molar-refractivity contribution in [1.82, 2.24) is 4.90 Å². The molecule has 1 nitrogen and oxygen atoms in total. The summed E-state index contributed by atoms with van der Waals surface area (Å²) >= 11 is 0. The standard InChI is InChI=1S/C38H79N.ClH/c1-4-7-10-13-16-17-18-19-20-21-22-23-24-25-26-27-28-29-32-35-38-39(36-33-30-14-11-8-5-2)37-34-31-15-12-9-6-3;/h4-38H2,1-3H3;1H. The van der Waals surface area contributed by atoms with Gasteiger partial charge in [0.25, 0.3) is 0 Å². The normalized spacial score (nSPS) is 11.4. The van der Waals surface area contributed by atoms with E-state index in [-0.39, 0.29) is 12.4 Å². The highest BCUT2D eigenvalue weighted by Crippen LogP contribution is 2.15. The zero-order chi connectivity index (χ0) is 28.3. The summed E-state index contributed by atoms with van der Waals surface area (Å²) in [5, 5.41) is 0. The van der Waals surface area contributed by atoms with Crippen molar-refractivity contribution in [2.24, 2.45) is 0 Å². The number of unbranched alkanes of at least 4 members (excludes halogenated alkanes) is 29. The van der Waals surface area contributed by atoms with Gasteiger partial charge in [-0.05, 0) is 38.9 Å². The summed E-state index contributed by atoms with van der Waals surface area (Å²) < 4.78 is 0. The summed E-state index contributed by atoms with van der Waals surface area (Å²) in [6.45, 7) is 11.0. The minimum absolute atomic E-state index is 0. The van der Waals surface area contributed by atoms with Crippen molar-refractivity contribution in [1.29, 1.82) is 0 Å². The van der Waals surface area contributed by atoms with Gasteiger partial charge in [-0.3, -0.25) is 0 Å². The number of rotatable bonds is 35. The lowest BCUT2D eigenvalue weighted by molar-refractivity contribution is 0.254. The Hall–Kier alpha value is 0.250. The summed E-state index contributed by atoms with van der Waals surface area (Å²) in [6, 6.07) is 0. The van der Waals surface area contributed by atoms with Crippen molar-refractivity contribution < 1.29 is 0 Å². The molecule has 0 radical (unpaired) electrons. The molecular formula is C38H80ClN. The van der Waals surface area contributed by atoms with Crippen LogP contribution in [0.25, 0.3) is 0 Å². The molecule has 244 valence electrons. The highest BCUT2D eigenvalue weighted by Gasteiger charge is 2.05. The van der Waals surface area contributed by atoms with E-state index in [9.17, 15) is 0 Å². The number of hydrogen-bond donors (Lipinski definition) is 0. The molecule has 0 unspecified atom stereocenters. The van der Waals surface area contributed by atoms with Gasteiger partial charge in [-0.2, -0.15) is 0 Å². The predicted molar refractivity (Wildman–Crippen MR) is 188 cm³/mol. The highest BCUT2D eigenvalue weighted by molar-refractivity contribution is 5.85. The summed E-state index contributed by atoms with van der Waals surface area (Å²) in [5.41, 5.74) is 0. The molecule has 40 heavy (non-hydrogen) atoms. The van der Waals surface area contributed by atoms with Gasteiger partial charge < -0.3 is 4.90 Å². The van der Waals surface area contributed by atoms with Gasteiger partial charge >= 0.3 is 0 Å². The molecule has 0 bridgehead atoms. The Morgan fingerprint density at radius 3 is 0.550 bits per heavy atom. The predicted octanol–water partition coefficient (Wildman–Crippen LogP) is 14.3. The fraction of sp³-hybridized carbons (Fsp3) is 1.00. The molecule has 0 rings (SSSR count). The molecule has 0 aromatic rings. The highest BCUT2D eigenvalue weighted by atomic mass is 35.5. The van der Waals surface area contributed by atoms with Gasteiger partial charge in [0, 0.05) is 0 Å². The van der Waals surface area contributed by atoms with Crippen LogP contribution in [0.1, 0.15) is 226 Å². The lowest BCUT2D eigenvalue weighted by Crippen LogP contribution is -2.27. The molecule has 0 N–H and O–H groups in total. The Bertz CT molecular complexity index is 396. The van der Waals surface area contributed by atoms with E-state index in [1.54, 1.807) is 0 Å². The van der Waals surface area contributed by atoms with E-state index in [1.807, 2.05) is 0 Å². The van der Waals surface area contributed by atoms with E-state index >= 15 is 0 Å². The van der Waals surface area contributed by atoms with Crippen molar-refractivity contribution >= 4 is 12.4 Å². The van der Waals surface area contributed by atoms with Gasteiger partial charge in [0.05, 0.1) is 0 Å². The Morgan fingerprint density at radius 2 is 0.375 bits per heavy atom. The van der Waals surface area contributed by atoms with E-state index in [4.69, 9.17) is 0 Å². The largest absolute Gasteiger partial charge is 0.303 e. The maximum atomic E-state index is 2.83. The SMILES string of the molecule is CCCCCCCCCCCCCCCCCCCCCCN(CCCCCCCC)CCCCCCCC.Cl. The third-order valence-electron chi connectivity index (χ3n) is 8.98. The molecule has 0 aliphatic heterocycles. The van der Waals surface area contributed by atoms with Crippen LogP contribution in [0, 0.1) is 0 Å². The molecule has 0 aliphatic rings. The quantitative estimate of drug-likeness (QED) is 0.0668. The van der Waals surface area contributed by atoms with Crippen LogP contribution in [-0.2, 0) is 0 Å². The molecule has 0 aromatic carbocycles. The first-order valence-electron chi connectivity index (χ1n) is 19.1. The van der Waals surface area contributed by atoms with Crippen LogP contribution in [-0.4, -0.2) is 24.5 Å². The Labute approximate surface area is 262 Å². The van der Waals surface area contributed by atoms with Crippen LogP contribution in [0.3, 0.4) is 0 Å². The first-order valence-corrected chi connectivity index (χ1v) is 19.1. The second-order valence-corrected chi connectivity index (χ2v) is 13.1. The van der Waals surface area contributed by atoms with Gasteiger partial charge in [-0.1, -0.05) is 207 Å². The smallest absolute Gasteiger partial charge is 0.00187 e. The molecular weight excluding hydrogens is 506 g/mol. The molecule has 0 amide bonds. The van der Waals surface area contributed by atoms with Gasteiger partial charge in [0.1, 0.15) is 0 Å². The summed E-state index contributed by atoms with van der Waals surface area (Å²) in [7, 11) is 0. The van der Waals surface area contributed by atoms with Crippen LogP contribution in [0.5, 0.6) is 0 Å². The van der Waals surface area contributed by atoms with E-state index < -0.39 is 0 Å². The Kier molecular flexibility index (Phi) is 41.6. The van der Waals surface area contributed by atoms with Crippen molar-refractivity contribution in [2.45, 2.75) is 226 Å². The van der Waals surface area contributed by atoms with Crippen LogP contribution in [0.2, 0.25) is 0 Å². The minimum atomic E-state index is 0. The average Bonchev–Trinajstić information content (AvgIpc) is 2.95. The van der Waals surface area contributed by atoms with Crippen LogP contribution in [0.15, 0.2) is 0 Å². The first-order chi connectivity index (χ1) is 19.3. The van der Waals surface area contributed by atoms with Crippen LogP contribution < -0.4 is 0 Å². The van der Waals surface area contributed by atoms with Gasteiger partial charge in [0.2, 0.25) is 0 Å². The molecule has 0 saturated carbocycles. The molecule has 0 heterocycles. The van der Waals surface area contributed by atoms with Crippen molar-refractivity contribution in [3.05, 3.63) is 0 Å². The zero-order valence-corrected chi connectivity index (χ0v) is 29.4. The third-order valence-corrected chi connectivity index (χ3v) is 8.98. The maximum Gasteiger partial charge on any atom is -0.00187 e. The number of hydrogen-bond acceptors (Lipinski definition) is 1. The second kappa shape index (κ2) is 39.2. The molecule has 0 atom stereocenters. The minimum Gasteiger partial charge on any atom is -0.303 e. The lowest BCUT2D eigenvalue weighted by Gasteiger charge is -2.22. The van der Waals surface area contributed by atoms with E-state index in [2.05, 4.69) is 25.7 Å². The topological polar surface area (TPSA) is 3.24 Å². The van der Waals surface area contributed by atoms with E-state index in [1.165, 1.54) is 225 Å². The summed E-state index contributed by atoms with van der Waals surface area (Å²) in [6.07, 6.45) is 46.6. The van der Waals surface area contributed by atoms with Crippen molar-refractivity contribution in [3.63, 3.8) is 0 Å². The number of nitrogens with zero attached hydrogens (tertiary/aromatic N) is 1. The Balaban J connectivity index is 0. The Morgan fingerprint density at radius 1 is 0.225 bits per heavy atom. The maximum absolute atomic E-state index is 2.83. The molecule has 0 spiro atoms. The van der Waals surface area contributed by atoms with Crippen LogP contribution in [0.4, 0.5) is 0 Å². The molecule has 0 aromatic heterocycles. The van der Waals surface area contributed by atoms with Gasteiger partial charge in [-0.25, -0.2) is 0 Å². The van der Waals surface area contributed by atoms with Crippen molar-refractivity contribution in [2.75, 3.05) is 19.6 Å². The molecule has 2 heteroatoms. The average molecular weight is 587 g/mol. The first kappa shape index (κ1) is 42.4. The second-order valence-electron chi connectivity index (χ2n) is 13.1. The molecule has 0 saturated heterocycles. The summed E-state index contributed by atoms with van der Waals surface area (Å²) in [4.78, 5) is 2.83. The number of halogens is 1. The lowest BCUT2D eigenvalue weighted by atomic mass is 10.0. The van der Waals surface area contributed by atoms with Gasteiger partial charge in [-0.15, -0.1) is 12.4 Å².